The van der Waals surface area contributed by atoms with Crippen molar-refractivity contribution in [3.63, 3.8) is 0 Å². The lowest BCUT2D eigenvalue weighted by Crippen LogP contribution is -2.62. The molecule has 13 nitrogen and oxygen atoms in total. The molecule has 230 valence electrons. The molecule has 4 amide bonds. The van der Waals surface area contributed by atoms with Crippen molar-refractivity contribution in [2.75, 3.05) is 6.54 Å². The Balaban J connectivity index is 1.74. The van der Waals surface area contributed by atoms with Gasteiger partial charge in [-0.3, -0.25) is 9.59 Å². The average molecular weight is 594 g/mol. The first-order valence-corrected chi connectivity index (χ1v) is 14.1. The van der Waals surface area contributed by atoms with Crippen LogP contribution >= 0.6 is 0 Å². The van der Waals surface area contributed by atoms with Crippen LogP contribution in [0.1, 0.15) is 31.4 Å². The molecule has 0 bridgehead atoms. The number of carboxylic acids is 1. The van der Waals surface area contributed by atoms with Crippen LogP contribution in [0.2, 0.25) is 0 Å². The number of aliphatic imine (C=N–C) groups is 1. The van der Waals surface area contributed by atoms with Gasteiger partial charge in [0, 0.05) is 13.0 Å². The number of hydrogen-bond donors (Lipinski definition) is 7. The van der Waals surface area contributed by atoms with E-state index in [0.29, 0.717) is 24.8 Å². The van der Waals surface area contributed by atoms with Crippen molar-refractivity contribution in [1.82, 2.24) is 26.6 Å². The smallest absolute Gasteiger partial charge is 0.326 e. The van der Waals surface area contributed by atoms with Gasteiger partial charge in [-0.05, 0) is 29.9 Å². The maximum Gasteiger partial charge on any atom is 0.326 e. The van der Waals surface area contributed by atoms with Gasteiger partial charge in [-0.25, -0.2) is 14.6 Å². The summed E-state index contributed by atoms with van der Waals surface area (Å²) in [5.74, 6) is -2.83. The number of nitrogens with one attached hydrogen (secondary N) is 5. The number of benzene rings is 2. The Bertz CT molecular complexity index is 1290. The summed E-state index contributed by atoms with van der Waals surface area (Å²) in [7, 11) is 0. The van der Waals surface area contributed by atoms with Gasteiger partial charge in [0.15, 0.2) is 5.96 Å². The van der Waals surface area contributed by atoms with Crippen molar-refractivity contribution < 1.29 is 29.1 Å². The molecular weight excluding hydrogens is 554 g/mol. The molecule has 43 heavy (non-hydrogen) atoms. The zero-order valence-electron chi connectivity index (χ0n) is 24.2. The number of nitrogens with two attached hydrogens (primary N) is 1. The number of amides is 4. The Kier molecular flexibility index (Phi) is 12.0. The second kappa shape index (κ2) is 15.9. The molecule has 2 aromatic carbocycles. The minimum atomic E-state index is -1.29. The van der Waals surface area contributed by atoms with E-state index < -0.39 is 54.0 Å². The summed E-state index contributed by atoms with van der Waals surface area (Å²) in [6.45, 7) is 3.84. The van der Waals surface area contributed by atoms with Crippen LogP contribution in [-0.2, 0) is 32.0 Å². The van der Waals surface area contributed by atoms with Crippen LogP contribution in [-0.4, -0.2) is 77.9 Å². The monoisotopic (exact) mass is 593 g/mol. The number of rotatable bonds is 14. The number of carboxylic acid groups (broad SMARTS) is 1. The molecule has 3 rings (SSSR count). The standard InChI is InChI=1S/C30H39N7O6/c1-18(2)24(26(39)33-21(17-38)15-19-9-5-3-6-10-19)36-27(40)25(22-13-14-32-29(31)34-22)37-30(43)35-23(28(41)42)16-20-11-7-4-8-12-20/h3-12,17-18,21-25H,13-16H2,1-2H3,(H,33,39)(H,36,40)(H,41,42)(H3,31,32,34)(H2,35,37,43)/t21-,22-,23-,24-,25-/m0/s1. The van der Waals surface area contributed by atoms with Crippen LogP contribution in [0.15, 0.2) is 65.7 Å². The van der Waals surface area contributed by atoms with Crippen LogP contribution in [0.25, 0.3) is 0 Å². The molecule has 0 spiro atoms. The lowest BCUT2D eigenvalue weighted by Gasteiger charge is -2.31. The van der Waals surface area contributed by atoms with Gasteiger partial charge in [0.1, 0.15) is 24.4 Å². The third-order valence-corrected chi connectivity index (χ3v) is 6.93. The van der Waals surface area contributed by atoms with Crippen molar-refractivity contribution in [2.24, 2.45) is 16.6 Å². The van der Waals surface area contributed by atoms with Crippen molar-refractivity contribution in [1.29, 1.82) is 0 Å². The molecule has 5 atom stereocenters. The fourth-order valence-corrected chi connectivity index (χ4v) is 4.66. The SMILES string of the molecule is CC(C)[C@H](NC(=O)[C@@H](NC(=O)N[C@@H](Cc1ccccc1)C(=O)O)[C@@H]1CCNC(N)=N1)C(=O)N[C@H](C=O)Cc1ccccc1. The summed E-state index contributed by atoms with van der Waals surface area (Å²) < 4.78 is 0. The van der Waals surface area contributed by atoms with E-state index in [1.54, 1.807) is 44.2 Å². The molecule has 0 radical (unpaired) electrons. The summed E-state index contributed by atoms with van der Waals surface area (Å²) in [5, 5.41) is 22.9. The van der Waals surface area contributed by atoms with Gasteiger partial charge in [0.2, 0.25) is 11.8 Å². The number of hydrogen-bond acceptors (Lipinski definition) is 8. The zero-order chi connectivity index (χ0) is 31.4. The number of carbonyl (C=O) groups excluding carboxylic acids is 4. The van der Waals surface area contributed by atoms with E-state index in [4.69, 9.17) is 5.73 Å². The first-order valence-electron chi connectivity index (χ1n) is 14.1. The summed E-state index contributed by atoms with van der Waals surface area (Å²) in [6.07, 6.45) is 1.26. The fraction of sp³-hybridized carbons (Fsp3) is 0.400. The lowest BCUT2D eigenvalue weighted by atomic mass is 9.99. The Hall–Kier alpha value is -4.94. The first kappa shape index (κ1) is 32.6. The molecule has 13 heteroatoms. The molecule has 0 saturated carbocycles. The second-order valence-electron chi connectivity index (χ2n) is 10.6. The van der Waals surface area contributed by atoms with Crippen LogP contribution in [0.3, 0.4) is 0 Å². The van der Waals surface area contributed by atoms with Crippen LogP contribution in [0, 0.1) is 5.92 Å². The molecule has 1 aliphatic rings. The van der Waals surface area contributed by atoms with E-state index in [1.165, 1.54) is 0 Å². The molecule has 0 aromatic heterocycles. The normalized spacial score (nSPS) is 17.2. The molecule has 0 unspecified atom stereocenters. The quantitative estimate of drug-likeness (QED) is 0.149. The highest BCUT2D eigenvalue weighted by Crippen LogP contribution is 2.12. The number of carbonyl (C=O) groups is 5. The minimum Gasteiger partial charge on any atom is -0.480 e. The zero-order valence-corrected chi connectivity index (χ0v) is 24.2. The van der Waals surface area contributed by atoms with E-state index in [0.717, 1.165) is 5.56 Å². The molecule has 0 fully saturated rings. The summed E-state index contributed by atoms with van der Waals surface area (Å²) >= 11 is 0. The maximum absolute atomic E-state index is 13.6. The maximum atomic E-state index is 13.6. The Morgan fingerprint density at radius 1 is 0.930 bits per heavy atom. The Labute approximate surface area is 250 Å². The van der Waals surface area contributed by atoms with Crippen molar-refractivity contribution >= 4 is 36.1 Å². The van der Waals surface area contributed by atoms with E-state index in [-0.39, 0.29) is 24.7 Å². The highest BCUT2D eigenvalue weighted by molar-refractivity contribution is 5.94. The molecule has 1 aliphatic heterocycles. The molecule has 1 heterocycles. The lowest BCUT2D eigenvalue weighted by molar-refractivity contribution is -0.139. The van der Waals surface area contributed by atoms with E-state index >= 15 is 0 Å². The molecule has 2 aromatic rings. The van der Waals surface area contributed by atoms with Gasteiger partial charge in [0.05, 0.1) is 12.1 Å². The first-order chi connectivity index (χ1) is 20.6. The van der Waals surface area contributed by atoms with Gasteiger partial charge < -0.3 is 42.2 Å². The Morgan fingerprint density at radius 3 is 2.07 bits per heavy atom. The molecule has 0 saturated heterocycles. The molecule has 8 N–H and O–H groups in total. The van der Waals surface area contributed by atoms with E-state index in [1.807, 2.05) is 30.3 Å². The number of nitrogens with zero attached hydrogens (tertiary/aromatic N) is 1. The Morgan fingerprint density at radius 2 is 1.53 bits per heavy atom. The number of aldehydes is 1. The summed E-state index contributed by atoms with van der Waals surface area (Å²) in [5.41, 5.74) is 7.39. The fourth-order valence-electron chi connectivity index (χ4n) is 4.66. The molecule has 0 aliphatic carbocycles. The summed E-state index contributed by atoms with van der Waals surface area (Å²) in [6, 6.07) is 11.9. The predicted molar refractivity (Wildman–Crippen MR) is 160 cm³/mol. The summed E-state index contributed by atoms with van der Waals surface area (Å²) in [4.78, 5) is 67.8. The topological polar surface area (TPSA) is 204 Å². The van der Waals surface area contributed by atoms with Crippen molar-refractivity contribution in [2.45, 2.75) is 63.3 Å². The minimum absolute atomic E-state index is 0.0232. The number of aliphatic carboxylic acids is 1. The third kappa shape index (κ3) is 10.1. The number of urea groups is 1. The number of guanidine groups is 1. The highest BCUT2D eigenvalue weighted by atomic mass is 16.4. The highest BCUT2D eigenvalue weighted by Gasteiger charge is 2.36. The van der Waals surface area contributed by atoms with Crippen molar-refractivity contribution in [3.8, 4) is 0 Å². The van der Waals surface area contributed by atoms with Crippen LogP contribution in [0.5, 0.6) is 0 Å². The third-order valence-electron chi connectivity index (χ3n) is 6.93. The van der Waals surface area contributed by atoms with Crippen molar-refractivity contribution in [3.05, 3.63) is 71.8 Å². The van der Waals surface area contributed by atoms with Gasteiger partial charge in [-0.15, -0.1) is 0 Å². The van der Waals surface area contributed by atoms with Gasteiger partial charge in [-0.1, -0.05) is 74.5 Å². The van der Waals surface area contributed by atoms with Gasteiger partial charge >= 0.3 is 12.0 Å². The van der Waals surface area contributed by atoms with Crippen LogP contribution < -0.4 is 32.3 Å². The van der Waals surface area contributed by atoms with Gasteiger partial charge in [0.25, 0.3) is 0 Å². The molecular formula is C30H39N7O6. The van der Waals surface area contributed by atoms with E-state index in [9.17, 15) is 29.1 Å². The van der Waals surface area contributed by atoms with E-state index in [2.05, 4.69) is 31.6 Å². The average Bonchev–Trinajstić information content (AvgIpc) is 2.98. The predicted octanol–water partition coefficient (Wildman–Crippen LogP) is 0.0939. The van der Waals surface area contributed by atoms with Crippen LogP contribution in [0.4, 0.5) is 4.79 Å². The van der Waals surface area contributed by atoms with Gasteiger partial charge in [-0.2, -0.15) is 0 Å². The largest absolute Gasteiger partial charge is 0.480 e. The second-order valence-corrected chi connectivity index (χ2v) is 10.6.